The van der Waals surface area contributed by atoms with Crippen LogP contribution in [-0.4, -0.2) is 23.9 Å². The second-order valence-electron chi connectivity index (χ2n) is 4.54. The van der Waals surface area contributed by atoms with E-state index >= 15 is 0 Å². The van der Waals surface area contributed by atoms with E-state index in [9.17, 15) is 4.79 Å². The van der Waals surface area contributed by atoms with Gasteiger partial charge in [0.25, 0.3) is 0 Å². The number of carbonyl (C=O) groups is 1. The van der Waals surface area contributed by atoms with Crippen molar-refractivity contribution >= 4 is 5.91 Å². The molecule has 0 N–H and O–H groups in total. The molecule has 0 atom stereocenters. The van der Waals surface area contributed by atoms with Crippen molar-refractivity contribution in [3.8, 4) is 0 Å². The highest BCUT2D eigenvalue weighted by atomic mass is 16.2. The third kappa shape index (κ3) is 1.87. The minimum Gasteiger partial charge on any atom is -0.342 e. The van der Waals surface area contributed by atoms with Gasteiger partial charge in [0.1, 0.15) is 0 Å². The smallest absolute Gasteiger partial charge is 0.222 e. The Bertz CT molecular complexity index is 180. The fourth-order valence-corrected chi connectivity index (χ4v) is 2.72. The average Bonchev–Trinajstić information content (AvgIpc) is 2.49. The molecule has 0 aromatic heterocycles. The Morgan fingerprint density at radius 2 is 1.62 bits per heavy atom. The van der Waals surface area contributed by atoms with Crippen molar-refractivity contribution in [2.45, 2.75) is 39.0 Å². The van der Waals surface area contributed by atoms with Gasteiger partial charge in [-0.15, -0.1) is 0 Å². The molecule has 0 radical (unpaired) electrons. The molecule has 2 nitrogen and oxygen atoms in total. The summed E-state index contributed by atoms with van der Waals surface area (Å²) in [4.78, 5) is 13.7. The molecule has 2 bridgehead atoms. The summed E-state index contributed by atoms with van der Waals surface area (Å²) in [6.45, 7) is 4.06. The first-order valence-electron chi connectivity index (χ1n) is 5.57. The van der Waals surface area contributed by atoms with Crippen LogP contribution in [0.2, 0.25) is 0 Å². The normalized spacial score (nSPS) is 33.2. The molecule has 2 heterocycles. The minimum absolute atomic E-state index is 0.360. The average molecular weight is 181 g/mol. The Labute approximate surface area is 80.3 Å². The standard InChI is InChI=1S/C11H19NO/c1-2-11(13)12-7-9-3-4-10(8-12)6-5-9/h9-10H,2-8H2,1H3. The van der Waals surface area contributed by atoms with E-state index in [0.29, 0.717) is 12.3 Å². The van der Waals surface area contributed by atoms with Crippen molar-refractivity contribution in [3.63, 3.8) is 0 Å². The van der Waals surface area contributed by atoms with Gasteiger partial charge in [-0.25, -0.2) is 0 Å². The van der Waals surface area contributed by atoms with Gasteiger partial charge in [-0.1, -0.05) is 6.92 Å². The van der Waals surface area contributed by atoms with Crippen molar-refractivity contribution in [2.75, 3.05) is 13.1 Å². The number of carbonyl (C=O) groups excluding carboxylic acids is 1. The number of hydrogen-bond acceptors (Lipinski definition) is 1. The molecule has 0 spiro atoms. The summed E-state index contributed by atoms with van der Waals surface area (Å²) in [6.07, 6.45) is 6.12. The molecule has 74 valence electrons. The summed E-state index contributed by atoms with van der Waals surface area (Å²) in [5.41, 5.74) is 0. The van der Waals surface area contributed by atoms with Crippen molar-refractivity contribution in [1.29, 1.82) is 0 Å². The van der Waals surface area contributed by atoms with Gasteiger partial charge in [0.05, 0.1) is 0 Å². The number of amides is 1. The van der Waals surface area contributed by atoms with Gasteiger partial charge in [0.15, 0.2) is 0 Å². The van der Waals surface area contributed by atoms with Crippen molar-refractivity contribution in [2.24, 2.45) is 11.8 Å². The fourth-order valence-electron chi connectivity index (χ4n) is 2.72. The van der Waals surface area contributed by atoms with Crippen molar-refractivity contribution in [3.05, 3.63) is 0 Å². The van der Waals surface area contributed by atoms with E-state index in [-0.39, 0.29) is 0 Å². The van der Waals surface area contributed by atoms with Gasteiger partial charge < -0.3 is 4.90 Å². The zero-order valence-electron chi connectivity index (χ0n) is 8.46. The summed E-state index contributed by atoms with van der Waals surface area (Å²) in [5.74, 6) is 1.99. The summed E-state index contributed by atoms with van der Waals surface area (Å²) in [5, 5.41) is 0. The minimum atomic E-state index is 0.360. The Balaban J connectivity index is 2.03. The van der Waals surface area contributed by atoms with Crippen molar-refractivity contribution in [1.82, 2.24) is 4.90 Å². The highest BCUT2D eigenvalue weighted by Gasteiger charge is 2.30. The number of fused-ring (bicyclic) bond motifs is 4. The van der Waals surface area contributed by atoms with E-state index in [1.54, 1.807) is 0 Å². The third-order valence-corrected chi connectivity index (χ3v) is 3.58. The maximum Gasteiger partial charge on any atom is 0.222 e. The predicted molar refractivity (Wildman–Crippen MR) is 52.3 cm³/mol. The van der Waals surface area contributed by atoms with Crippen LogP contribution in [0, 0.1) is 11.8 Å². The van der Waals surface area contributed by atoms with Gasteiger partial charge in [-0.05, 0) is 37.5 Å². The van der Waals surface area contributed by atoms with Crippen LogP contribution in [0.4, 0.5) is 0 Å². The molecule has 0 aromatic carbocycles. The van der Waals surface area contributed by atoms with E-state index in [1.165, 1.54) is 25.7 Å². The van der Waals surface area contributed by atoms with E-state index in [4.69, 9.17) is 0 Å². The van der Waals surface area contributed by atoms with Crippen LogP contribution in [0.5, 0.6) is 0 Å². The molecule has 13 heavy (non-hydrogen) atoms. The van der Waals surface area contributed by atoms with Crippen LogP contribution in [0.1, 0.15) is 39.0 Å². The van der Waals surface area contributed by atoms with E-state index < -0.39 is 0 Å². The maximum atomic E-state index is 11.6. The van der Waals surface area contributed by atoms with Crippen LogP contribution in [0.15, 0.2) is 0 Å². The lowest BCUT2D eigenvalue weighted by atomic mass is 9.84. The summed E-state index contributed by atoms with van der Waals surface area (Å²) in [6, 6.07) is 0. The summed E-state index contributed by atoms with van der Waals surface area (Å²) >= 11 is 0. The second kappa shape index (κ2) is 3.69. The van der Waals surface area contributed by atoms with Gasteiger partial charge in [-0.3, -0.25) is 4.79 Å². The Morgan fingerprint density at radius 3 is 2.00 bits per heavy atom. The summed E-state index contributed by atoms with van der Waals surface area (Å²) < 4.78 is 0. The topological polar surface area (TPSA) is 20.3 Å². The SMILES string of the molecule is CCC(=O)N1CC2CCC(CC2)C1. The Kier molecular flexibility index (Phi) is 2.56. The van der Waals surface area contributed by atoms with Gasteiger partial charge in [0.2, 0.25) is 5.91 Å². The molecule has 2 heteroatoms. The fraction of sp³-hybridized carbons (Fsp3) is 0.909. The van der Waals surface area contributed by atoms with Crippen LogP contribution >= 0.6 is 0 Å². The van der Waals surface area contributed by atoms with Crippen molar-refractivity contribution < 1.29 is 4.79 Å². The molecular weight excluding hydrogens is 162 g/mol. The van der Waals surface area contributed by atoms with Crippen LogP contribution < -0.4 is 0 Å². The molecule has 0 unspecified atom stereocenters. The molecule has 2 saturated heterocycles. The van der Waals surface area contributed by atoms with Gasteiger partial charge in [0, 0.05) is 19.5 Å². The molecule has 3 rings (SSSR count). The van der Waals surface area contributed by atoms with Crippen LogP contribution in [0.3, 0.4) is 0 Å². The molecule has 3 fully saturated rings. The molecule has 1 amide bonds. The molecule has 0 aromatic rings. The lowest BCUT2D eigenvalue weighted by molar-refractivity contribution is -0.131. The zero-order valence-corrected chi connectivity index (χ0v) is 8.46. The largest absolute Gasteiger partial charge is 0.342 e. The molecule has 3 aliphatic rings. The van der Waals surface area contributed by atoms with Crippen LogP contribution in [0.25, 0.3) is 0 Å². The van der Waals surface area contributed by atoms with E-state index in [2.05, 4.69) is 4.90 Å². The maximum absolute atomic E-state index is 11.6. The quantitative estimate of drug-likeness (QED) is 0.606. The lowest BCUT2D eigenvalue weighted by Crippen LogP contribution is -2.34. The lowest BCUT2D eigenvalue weighted by Gasteiger charge is -2.21. The van der Waals surface area contributed by atoms with Gasteiger partial charge in [-0.2, -0.15) is 0 Å². The first kappa shape index (κ1) is 9.04. The Hall–Kier alpha value is -0.530. The Morgan fingerprint density at radius 1 is 1.15 bits per heavy atom. The number of nitrogens with zero attached hydrogens (tertiary/aromatic N) is 1. The van der Waals surface area contributed by atoms with E-state index in [1.807, 2.05) is 6.92 Å². The zero-order chi connectivity index (χ0) is 9.26. The highest BCUT2D eigenvalue weighted by Crippen LogP contribution is 2.33. The molecule has 1 aliphatic carbocycles. The van der Waals surface area contributed by atoms with Gasteiger partial charge >= 0.3 is 0 Å². The van der Waals surface area contributed by atoms with Crippen LogP contribution in [-0.2, 0) is 4.79 Å². The third-order valence-electron chi connectivity index (χ3n) is 3.58. The highest BCUT2D eigenvalue weighted by molar-refractivity contribution is 5.75. The number of hydrogen-bond donors (Lipinski definition) is 0. The van der Waals surface area contributed by atoms with E-state index in [0.717, 1.165) is 24.9 Å². The molecular formula is C11H19NO. The summed E-state index contributed by atoms with van der Waals surface area (Å²) in [7, 11) is 0. The first-order valence-corrected chi connectivity index (χ1v) is 5.57. The predicted octanol–water partition coefficient (Wildman–Crippen LogP) is 2.04. The first-order chi connectivity index (χ1) is 6.29. The molecule has 1 saturated carbocycles. The number of rotatable bonds is 1. The monoisotopic (exact) mass is 181 g/mol. The second-order valence-corrected chi connectivity index (χ2v) is 4.54. The molecule has 2 aliphatic heterocycles.